The number of hydrogen-bond acceptors (Lipinski definition) is 6. The number of ether oxygens (including phenoxy) is 1. The van der Waals surface area contributed by atoms with Gasteiger partial charge >= 0.3 is 0 Å². The molecule has 2 unspecified atom stereocenters. The minimum Gasteiger partial charge on any atom is -0.389 e. The molecular weight excluding hydrogens is 202 g/mol. The van der Waals surface area contributed by atoms with Crippen molar-refractivity contribution >= 4 is 11.5 Å². The van der Waals surface area contributed by atoms with E-state index in [9.17, 15) is 5.11 Å². The molecule has 0 amide bonds. The Morgan fingerprint density at radius 3 is 3.07 bits per heavy atom. The molecule has 14 heavy (non-hydrogen) atoms. The van der Waals surface area contributed by atoms with Crippen LogP contribution in [0.3, 0.4) is 0 Å². The molecule has 78 valence electrons. The summed E-state index contributed by atoms with van der Waals surface area (Å²) in [6.07, 6.45) is -0.392. The maximum absolute atomic E-state index is 9.47. The smallest absolute Gasteiger partial charge is 0.0948 e. The molecule has 6 heteroatoms. The predicted molar refractivity (Wildman–Crippen MR) is 52.1 cm³/mol. The van der Waals surface area contributed by atoms with Gasteiger partial charge in [-0.15, -0.1) is 5.10 Å². The van der Waals surface area contributed by atoms with Crippen molar-refractivity contribution in [2.75, 3.05) is 13.2 Å². The fourth-order valence-corrected chi connectivity index (χ4v) is 1.96. The summed E-state index contributed by atoms with van der Waals surface area (Å²) < 4.78 is 8.97. The van der Waals surface area contributed by atoms with Crippen LogP contribution in [0.5, 0.6) is 0 Å². The monoisotopic (exact) mass is 215 g/mol. The number of nitrogens with one attached hydrogen (secondary N) is 1. The summed E-state index contributed by atoms with van der Waals surface area (Å²) in [4.78, 5) is 1.11. The highest BCUT2D eigenvalue weighted by atomic mass is 32.1. The van der Waals surface area contributed by atoms with Gasteiger partial charge in [0.2, 0.25) is 0 Å². The highest BCUT2D eigenvalue weighted by Crippen LogP contribution is 2.11. The van der Waals surface area contributed by atoms with Crippen LogP contribution in [-0.2, 0) is 11.3 Å². The average Bonchev–Trinajstić information content (AvgIpc) is 2.72. The second-order valence-electron chi connectivity index (χ2n) is 3.37. The van der Waals surface area contributed by atoms with Crippen LogP contribution in [0.25, 0.3) is 0 Å². The third-order valence-corrected chi connectivity index (χ3v) is 3.14. The molecule has 0 saturated carbocycles. The van der Waals surface area contributed by atoms with Gasteiger partial charge in [-0.3, -0.25) is 0 Å². The zero-order valence-corrected chi connectivity index (χ0v) is 8.75. The minimum atomic E-state index is -0.392. The molecule has 1 aliphatic rings. The first-order valence-corrected chi connectivity index (χ1v) is 5.31. The van der Waals surface area contributed by atoms with Crippen LogP contribution in [-0.4, -0.2) is 40.1 Å². The molecule has 0 spiro atoms. The number of aryl methyl sites for hydroxylation is 1. The van der Waals surface area contributed by atoms with Crippen molar-refractivity contribution in [3.8, 4) is 0 Å². The lowest BCUT2D eigenvalue weighted by molar-refractivity contribution is 0.122. The van der Waals surface area contributed by atoms with Crippen LogP contribution >= 0.6 is 11.5 Å². The van der Waals surface area contributed by atoms with E-state index in [4.69, 9.17) is 4.74 Å². The molecule has 1 fully saturated rings. The molecule has 0 aliphatic carbocycles. The molecule has 0 bridgehead atoms. The fourth-order valence-electron chi connectivity index (χ4n) is 1.37. The van der Waals surface area contributed by atoms with Crippen LogP contribution in [0.4, 0.5) is 0 Å². The van der Waals surface area contributed by atoms with Gasteiger partial charge in [-0.1, -0.05) is 4.49 Å². The van der Waals surface area contributed by atoms with Crippen LogP contribution < -0.4 is 5.32 Å². The third kappa shape index (κ3) is 2.09. The van der Waals surface area contributed by atoms with Gasteiger partial charge in [0, 0.05) is 6.54 Å². The normalized spacial score (nSPS) is 27.0. The maximum atomic E-state index is 9.47. The van der Waals surface area contributed by atoms with Crippen molar-refractivity contribution in [2.24, 2.45) is 0 Å². The molecule has 2 N–H and O–H groups in total. The lowest BCUT2D eigenvalue weighted by Crippen LogP contribution is -2.38. The van der Waals surface area contributed by atoms with Crippen molar-refractivity contribution in [3.63, 3.8) is 0 Å². The summed E-state index contributed by atoms with van der Waals surface area (Å²) in [6.45, 7) is 3.64. The zero-order chi connectivity index (χ0) is 9.97. The molecule has 5 nitrogen and oxygen atoms in total. The Hall–Kier alpha value is -0.560. The first-order valence-electron chi connectivity index (χ1n) is 4.54. The first-order chi connectivity index (χ1) is 6.77. The molecule has 1 aliphatic heterocycles. The summed E-state index contributed by atoms with van der Waals surface area (Å²) in [5, 5.41) is 16.6. The third-order valence-electron chi connectivity index (χ3n) is 2.32. The van der Waals surface area contributed by atoms with Gasteiger partial charge in [-0.05, 0) is 18.5 Å². The van der Waals surface area contributed by atoms with E-state index in [0.29, 0.717) is 19.8 Å². The Kier molecular flexibility index (Phi) is 3.07. The molecule has 0 aromatic carbocycles. The van der Waals surface area contributed by atoms with Gasteiger partial charge in [-0.2, -0.15) is 0 Å². The average molecular weight is 215 g/mol. The number of aliphatic hydroxyl groups is 1. The molecular formula is C8H13N3O2S. The topological polar surface area (TPSA) is 67.3 Å². The Balaban J connectivity index is 1.85. The van der Waals surface area contributed by atoms with Crippen LogP contribution in [0, 0.1) is 6.92 Å². The quantitative estimate of drug-likeness (QED) is 0.724. The van der Waals surface area contributed by atoms with Crippen LogP contribution in [0.15, 0.2) is 0 Å². The van der Waals surface area contributed by atoms with Gasteiger partial charge in [-0.25, -0.2) is 0 Å². The van der Waals surface area contributed by atoms with Crippen LogP contribution in [0.1, 0.15) is 10.6 Å². The summed E-state index contributed by atoms with van der Waals surface area (Å²) in [7, 11) is 0. The fraction of sp³-hybridized carbons (Fsp3) is 0.750. The van der Waals surface area contributed by atoms with E-state index in [1.165, 1.54) is 11.5 Å². The molecule has 2 rings (SSSR count). The Labute approximate surface area is 86.3 Å². The lowest BCUT2D eigenvalue weighted by Gasteiger charge is -2.13. The van der Waals surface area contributed by atoms with Gasteiger partial charge in [0.15, 0.2) is 0 Å². The predicted octanol–water partition coefficient (Wildman–Crippen LogP) is -0.304. The lowest BCUT2D eigenvalue weighted by atomic mass is 10.2. The van der Waals surface area contributed by atoms with Gasteiger partial charge < -0.3 is 15.2 Å². The van der Waals surface area contributed by atoms with E-state index in [-0.39, 0.29) is 6.04 Å². The molecule has 2 heterocycles. The van der Waals surface area contributed by atoms with E-state index in [1.807, 2.05) is 6.92 Å². The summed E-state index contributed by atoms with van der Waals surface area (Å²) in [6, 6.07) is 0.0384. The van der Waals surface area contributed by atoms with E-state index >= 15 is 0 Å². The van der Waals surface area contributed by atoms with E-state index in [0.717, 1.165) is 10.6 Å². The number of rotatable bonds is 3. The minimum absolute atomic E-state index is 0.0384. The summed E-state index contributed by atoms with van der Waals surface area (Å²) >= 11 is 1.39. The Morgan fingerprint density at radius 2 is 2.50 bits per heavy atom. The number of hydrogen-bond donors (Lipinski definition) is 2. The standard InChI is InChI=1S/C8H13N3O2S/c1-5-8(14-11-10-5)2-9-6-3-13-4-7(6)12/h6-7,9,12H,2-4H2,1H3. The van der Waals surface area contributed by atoms with Crippen molar-refractivity contribution < 1.29 is 9.84 Å². The van der Waals surface area contributed by atoms with E-state index < -0.39 is 6.10 Å². The molecule has 2 atom stereocenters. The van der Waals surface area contributed by atoms with Crippen molar-refractivity contribution in [1.82, 2.24) is 14.9 Å². The molecule has 1 aromatic rings. The number of aliphatic hydroxyl groups excluding tert-OH is 1. The largest absolute Gasteiger partial charge is 0.389 e. The SMILES string of the molecule is Cc1nnsc1CNC1COCC1O. The zero-order valence-electron chi connectivity index (χ0n) is 7.93. The van der Waals surface area contributed by atoms with Crippen LogP contribution in [0.2, 0.25) is 0 Å². The van der Waals surface area contributed by atoms with E-state index in [1.54, 1.807) is 0 Å². The van der Waals surface area contributed by atoms with Gasteiger partial charge in [0.05, 0.1) is 35.9 Å². The molecule has 1 aromatic heterocycles. The second-order valence-corrected chi connectivity index (χ2v) is 4.21. The highest BCUT2D eigenvalue weighted by Gasteiger charge is 2.25. The van der Waals surface area contributed by atoms with Crippen molar-refractivity contribution in [2.45, 2.75) is 25.6 Å². The number of nitrogens with zero attached hydrogens (tertiary/aromatic N) is 2. The highest BCUT2D eigenvalue weighted by molar-refractivity contribution is 7.05. The van der Waals surface area contributed by atoms with Crippen molar-refractivity contribution in [3.05, 3.63) is 10.6 Å². The Morgan fingerprint density at radius 1 is 1.64 bits per heavy atom. The summed E-state index contributed by atoms with van der Waals surface area (Å²) in [5.41, 5.74) is 0.955. The van der Waals surface area contributed by atoms with Gasteiger partial charge in [0.1, 0.15) is 0 Å². The maximum Gasteiger partial charge on any atom is 0.0948 e. The van der Waals surface area contributed by atoms with Gasteiger partial charge in [0.25, 0.3) is 0 Å². The molecule has 1 saturated heterocycles. The summed E-state index contributed by atoms with van der Waals surface area (Å²) in [5.74, 6) is 0. The number of aromatic nitrogens is 2. The molecule has 0 radical (unpaired) electrons. The first kappa shape index (κ1) is 9.97. The van der Waals surface area contributed by atoms with E-state index in [2.05, 4.69) is 14.9 Å². The van der Waals surface area contributed by atoms with Crippen molar-refractivity contribution in [1.29, 1.82) is 0 Å². The second kappa shape index (κ2) is 4.31. The Bertz CT molecular complexity index is 305.